The predicted molar refractivity (Wildman–Crippen MR) is 83.4 cm³/mol. The molecule has 2 rings (SSSR count). The van der Waals surface area contributed by atoms with Gasteiger partial charge in [-0.2, -0.15) is 0 Å². The van der Waals surface area contributed by atoms with Gasteiger partial charge >= 0.3 is 0 Å². The molecule has 112 valence electrons. The molecule has 2 heteroatoms. The van der Waals surface area contributed by atoms with E-state index in [1.54, 1.807) is 0 Å². The van der Waals surface area contributed by atoms with Gasteiger partial charge in [0.1, 0.15) is 0 Å². The van der Waals surface area contributed by atoms with Crippen molar-refractivity contribution < 1.29 is 0 Å². The highest BCUT2D eigenvalue weighted by Crippen LogP contribution is 2.38. The maximum atomic E-state index is 3.80. The molecule has 6 atom stereocenters. The highest BCUT2D eigenvalue weighted by Gasteiger charge is 2.43. The van der Waals surface area contributed by atoms with Gasteiger partial charge in [0.05, 0.1) is 0 Å². The van der Waals surface area contributed by atoms with E-state index in [4.69, 9.17) is 0 Å². The van der Waals surface area contributed by atoms with Gasteiger partial charge in [-0.15, -0.1) is 0 Å². The second-order valence-electron chi connectivity index (χ2n) is 7.14. The largest absolute Gasteiger partial charge is 0.313 e. The molecule has 2 aliphatic rings. The predicted octanol–water partition coefficient (Wildman–Crippen LogP) is 3.66. The number of hydrogen-bond acceptors (Lipinski definition) is 2. The van der Waals surface area contributed by atoms with Crippen LogP contribution in [0, 0.1) is 11.8 Å². The molecule has 6 unspecified atom stereocenters. The summed E-state index contributed by atoms with van der Waals surface area (Å²) in [4.78, 5) is 2.89. The molecule has 1 aliphatic heterocycles. The van der Waals surface area contributed by atoms with E-state index >= 15 is 0 Å². The van der Waals surface area contributed by atoms with Crippen molar-refractivity contribution in [3.8, 4) is 0 Å². The Labute approximate surface area is 120 Å². The third kappa shape index (κ3) is 3.16. The Balaban J connectivity index is 2.17. The van der Waals surface area contributed by atoms with Crippen LogP contribution in [0.15, 0.2) is 0 Å². The number of nitrogens with one attached hydrogen (secondary N) is 1. The van der Waals surface area contributed by atoms with Gasteiger partial charge in [0.25, 0.3) is 0 Å². The van der Waals surface area contributed by atoms with E-state index in [0.717, 1.165) is 36.5 Å². The molecule has 0 radical (unpaired) electrons. The number of nitrogens with zero attached hydrogens (tertiary/aromatic N) is 1. The van der Waals surface area contributed by atoms with Gasteiger partial charge in [-0.05, 0) is 57.4 Å². The first-order chi connectivity index (χ1) is 9.08. The molecule has 19 heavy (non-hydrogen) atoms. The van der Waals surface area contributed by atoms with Gasteiger partial charge in [-0.25, -0.2) is 0 Å². The maximum Gasteiger partial charge on any atom is 0.0280 e. The highest BCUT2D eigenvalue weighted by atomic mass is 15.3. The molecule has 1 saturated carbocycles. The van der Waals surface area contributed by atoms with Crippen molar-refractivity contribution in [2.45, 2.75) is 90.9 Å². The van der Waals surface area contributed by atoms with Crippen LogP contribution in [0.2, 0.25) is 0 Å². The van der Waals surface area contributed by atoms with Crippen LogP contribution >= 0.6 is 0 Å². The summed E-state index contributed by atoms with van der Waals surface area (Å²) in [5.74, 6) is 1.72. The van der Waals surface area contributed by atoms with Crippen LogP contribution in [0.5, 0.6) is 0 Å². The third-order valence-electron chi connectivity index (χ3n) is 5.56. The molecule has 1 heterocycles. The van der Waals surface area contributed by atoms with Crippen LogP contribution in [0.1, 0.15) is 66.7 Å². The highest BCUT2D eigenvalue weighted by molar-refractivity contribution is 4.99. The Morgan fingerprint density at radius 2 is 1.79 bits per heavy atom. The molecule has 0 spiro atoms. The quantitative estimate of drug-likeness (QED) is 0.835. The Kier molecular flexibility index (Phi) is 5.30. The topological polar surface area (TPSA) is 15.3 Å². The van der Waals surface area contributed by atoms with Gasteiger partial charge < -0.3 is 5.32 Å². The minimum absolute atomic E-state index is 0.707. The van der Waals surface area contributed by atoms with Crippen LogP contribution < -0.4 is 5.32 Å². The molecule has 0 amide bonds. The Bertz CT molecular complexity index is 278. The van der Waals surface area contributed by atoms with E-state index in [2.05, 4.69) is 44.8 Å². The average molecular weight is 266 g/mol. The minimum atomic E-state index is 0.707. The molecule has 0 aromatic heterocycles. The lowest BCUT2D eigenvalue weighted by Gasteiger charge is -2.48. The van der Waals surface area contributed by atoms with Gasteiger partial charge in [0.15, 0.2) is 0 Å². The van der Waals surface area contributed by atoms with Crippen molar-refractivity contribution in [1.82, 2.24) is 10.2 Å². The van der Waals surface area contributed by atoms with Crippen molar-refractivity contribution in [2.24, 2.45) is 11.8 Å². The van der Waals surface area contributed by atoms with Crippen molar-refractivity contribution in [2.75, 3.05) is 6.54 Å². The molecular formula is C17H34N2. The lowest BCUT2D eigenvalue weighted by atomic mass is 9.75. The number of likely N-dealkylation sites (N-methyl/N-ethyl adjacent to an activating group) is 1. The maximum absolute atomic E-state index is 3.80. The number of likely N-dealkylation sites (tertiary alicyclic amines) is 1. The van der Waals surface area contributed by atoms with Crippen molar-refractivity contribution >= 4 is 0 Å². The summed E-state index contributed by atoms with van der Waals surface area (Å²) in [6, 6.07) is 3.08. The van der Waals surface area contributed by atoms with Crippen molar-refractivity contribution in [3.63, 3.8) is 0 Å². The molecule has 0 aromatic carbocycles. The lowest BCUT2D eigenvalue weighted by Crippen LogP contribution is -2.59. The molecule has 2 fully saturated rings. The van der Waals surface area contributed by atoms with E-state index in [1.807, 2.05) is 0 Å². The van der Waals surface area contributed by atoms with Gasteiger partial charge in [-0.3, -0.25) is 4.90 Å². The van der Waals surface area contributed by atoms with Gasteiger partial charge in [-0.1, -0.05) is 27.7 Å². The fraction of sp³-hybridized carbons (Fsp3) is 1.00. The van der Waals surface area contributed by atoms with Crippen LogP contribution in [-0.4, -0.2) is 35.6 Å². The van der Waals surface area contributed by atoms with E-state index in [1.165, 1.54) is 32.1 Å². The molecule has 0 bridgehead atoms. The summed E-state index contributed by atoms with van der Waals surface area (Å²) < 4.78 is 0. The molecule has 2 nitrogen and oxygen atoms in total. The molecule has 1 N–H and O–H groups in total. The van der Waals surface area contributed by atoms with Crippen LogP contribution in [0.25, 0.3) is 0 Å². The zero-order valence-electron chi connectivity index (χ0n) is 13.7. The molecule has 1 aliphatic carbocycles. The second kappa shape index (κ2) is 6.58. The summed E-state index contributed by atoms with van der Waals surface area (Å²) in [7, 11) is 0. The zero-order valence-corrected chi connectivity index (χ0v) is 13.7. The molecule has 0 aromatic rings. The van der Waals surface area contributed by atoms with Crippen molar-refractivity contribution in [1.29, 1.82) is 0 Å². The Morgan fingerprint density at radius 1 is 1.05 bits per heavy atom. The summed E-state index contributed by atoms with van der Waals surface area (Å²) in [6.45, 7) is 13.1. The molecule has 1 saturated heterocycles. The fourth-order valence-corrected chi connectivity index (χ4v) is 4.85. The monoisotopic (exact) mass is 266 g/mol. The van der Waals surface area contributed by atoms with Gasteiger partial charge in [0.2, 0.25) is 0 Å². The smallest absolute Gasteiger partial charge is 0.0280 e. The van der Waals surface area contributed by atoms with Gasteiger partial charge in [0, 0.05) is 24.2 Å². The standard InChI is InChI=1S/C17H34N2/c1-6-15-9-8-14(5)19(15)17-13(4)10-12(3)11-16(17)18-7-2/h12-18H,6-11H2,1-5H3. The van der Waals surface area contributed by atoms with Crippen LogP contribution in [-0.2, 0) is 0 Å². The summed E-state index contributed by atoms with van der Waals surface area (Å²) in [5.41, 5.74) is 0. The minimum Gasteiger partial charge on any atom is -0.313 e. The number of hydrogen-bond donors (Lipinski definition) is 1. The van der Waals surface area contributed by atoms with E-state index in [0.29, 0.717) is 6.04 Å². The Hall–Kier alpha value is -0.0800. The van der Waals surface area contributed by atoms with E-state index < -0.39 is 0 Å². The SMILES string of the molecule is CCNC1CC(C)CC(C)C1N1C(C)CCC1CC. The van der Waals surface area contributed by atoms with E-state index in [9.17, 15) is 0 Å². The normalized spacial score (nSPS) is 44.7. The first-order valence-corrected chi connectivity index (χ1v) is 8.59. The summed E-state index contributed by atoms with van der Waals surface area (Å²) in [6.07, 6.45) is 6.90. The molecular weight excluding hydrogens is 232 g/mol. The van der Waals surface area contributed by atoms with Crippen LogP contribution in [0.4, 0.5) is 0 Å². The summed E-state index contributed by atoms with van der Waals surface area (Å²) >= 11 is 0. The van der Waals surface area contributed by atoms with Crippen molar-refractivity contribution in [3.05, 3.63) is 0 Å². The lowest BCUT2D eigenvalue weighted by molar-refractivity contribution is 0.0290. The van der Waals surface area contributed by atoms with E-state index in [-0.39, 0.29) is 0 Å². The first-order valence-electron chi connectivity index (χ1n) is 8.59. The average Bonchev–Trinajstić information content (AvgIpc) is 2.70. The summed E-state index contributed by atoms with van der Waals surface area (Å²) in [5, 5.41) is 3.80. The number of rotatable bonds is 4. The zero-order chi connectivity index (χ0) is 14.0. The Morgan fingerprint density at radius 3 is 2.42 bits per heavy atom. The second-order valence-corrected chi connectivity index (χ2v) is 7.14. The van der Waals surface area contributed by atoms with Crippen LogP contribution in [0.3, 0.4) is 0 Å². The third-order valence-corrected chi connectivity index (χ3v) is 5.56. The first kappa shape index (κ1) is 15.3. The fourth-order valence-electron chi connectivity index (χ4n) is 4.85.